The molecule has 1 fully saturated rings. The fourth-order valence-electron chi connectivity index (χ4n) is 5.41. The minimum Gasteiger partial charge on any atom is -0.511 e. The summed E-state index contributed by atoms with van der Waals surface area (Å²) in [5.74, 6) is -10.9. The molecule has 1 saturated carbocycles. The van der Waals surface area contributed by atoms with Crippen LogP contribution in [0.2, 0.25) is 0 Å². The Kier molecular flexibility index (Phi) is 8.28. The van der Waals surface area contributed by atoms with Gasteiger partial charge in [-0.1, -0.05) is 26.2 Å². The second-order valence-corrected chi connectivity index (χ2v) is 8.23. The van der Waals surface area contributed by atoms with Gasteiger partial charge in [0.25, 0.3) is 0 Å². The number of aliphatic hydroxyl groups is 2. The summed E-state index contributed by atoms with van der Waals surface area (Å²) in [5.41, 5.74) is -2.74. The van der Waals surface area contributed by atoms with Gasteiger partial charge in [0.15, 0.2) is 0 Å². The van der Waals surface area contributed by atoms with Crippen molar-refractivity contribution in [3.8, 4) is 0 Å². The van der Waals surface area contributed by atoms with Crippen LogP contribution in [0.15, 0.2) is 11.3 Å². The molecule has 0 heterocycles. The van der Waals surface area contributed by atoms with E-state index in [9.17, 15) is 29.4 Å². The monoisotopic (exact) mass is 456 g/mol. The average molecular weight is 456 g/mol. The van der Waals surface area contributed by atoms with E-state index in [1.807, 2.05) is 6.92 Å². The average Bonchev–Trinajstić information content (AvgIpc) is 2.77. The Morgan fingerprint density at radius 1 is 0.906 bits per heavy atom. The normalized spacial score (nSPS) is 31.5. The fraction of sp³-hybridized carbons (Fsp3) is 0.727. The lowest BCUT2D eigenvalue weighted by molar-refractivity contribution is -0.213. The molecular formula is C22H32O10. The quantitative estimate of drug-likeness (QED) is 0.311. The maximum atomic E-state index is 12.9. The number of carbonyl (C=O) groups excluding carboxylic acids is 4. The Balaban J connectivity index is 2.84. The number of rotatable bonds is 8. The van der Waals surface area contributed by atoms with Gasteiger partial charge in [-0.2, -0.15) is 0 Å². The van der Waals surface area contributed by atoms with Crippen molar-refractivity contribution in [1.29, 1.82) is 0 Å². The third-order valence-electron chi connectivity index (χ3n) is 6.74. The number of fused-ring (bicyclic) bond motifs is 2. The van der Waals surface area contributed by atoms with Gasteiger partial charge in [-0.3, -0.25) is 14.4 Å². The van der Waals surface area contributed by atoms with Gasteiger partial charge in [0, 0.05) is 5.92 Å². The van der Waals surface area contributed by atoms with Gasteiger partial charge in [0.2, 0.25) is 0 Å². The van der Waals surface area contributed by atoms with Crippen molar-refractivity contribution in [2.75, 3.05) is 28.4 Å². The molecule has 2 bridgehead atoms. The van der Waals surface area contributed by atoms with Gasteiger partial charge in [0.05, 0.1) is 45.8 Å². The second-order valence-electron chi connectivity index (χ2n) is 8.23. The van der Waals surface area contributed by atoms with E-state index in [0.29, 0.717) is 12.8 Å². The summed E-state index contributed by atoms with van der Waals surface area (Å²) in [7, 11) is 4.36. The first-order valence-corrected chi connectivity index (χ1v) is 10.6. The number of carbonyl (C=O) groups is 4. The molecule has 0 spiro atoms. The fourth-order valence-corrected chi connectivity index (χ4v) is 5.41. The first kappa shape index (κ1) is 25.6. The maximum Gasteiger partial charge on any atom is 0.337 e. The van der Waals surface area contributed by atoms with Crippen molar-refractivity contribution >= 4 is 23.9 Å². The predicted molar refractivity (Wildman–Crippen MR) is 109 cm³/mol. The first-order chi connectivity index (χ1) is 15.1. The third-order valence-corrected chi connectivity index (χ3v) is 6.74. The largest absolute Gasteiger partial charge is 0.511 e. The third kappa shape index (κ3) is 4.07. The highest BCUT2D eigenvalue weighted by molar-refractivity contribution is 5.95. The van der Waals surface area contributed by atoms with Crippen LogP contribution in [-0.4, -0.2) is 68.1 Å². The van der Waals surface area contributed by atoms with Crippen molar-refractivity contribution in [2.45, 2.75) is 44.6 Å². The van der Waals surface area contributed by atoms with Gasteiger partial charge in [-0.25, -0.2) is 4.79 Å². The van der Waals surface area contributed by atoms with Crippen LogP contribution in [0.3, 0.4) is 0 Å². The van der Waals surface area contributed by atoms with Gasteiger partial charge in [-0.05, 0) is 18.8 Å². The molecule has 0 aliphatic heterocycles. The molecular weight excluding hydrogens is 424 g/mol. The highest BCUT2D eigenvalue weighted by Crippen LogP contribution is 2.58. The lowest BCUT2D eigenvalue weighted by atomic mass is 9.49. The zero-order chi connectivity index (χ0) is 24.2. The number of aliphatic hydroxyl groups excluding tert-OH is 1. The Morgan fingerprint density at radius 2 is 1.47 bits per heavy atom. The number of methoxy groups -OCH3 is 4. The minimum absolute atomic E-state index is 0.105. The van der Waals surface area contributed by atoms with Gasteiger partial charge in [-0.15, -0.1) is 0 Å². The summed E-state index contributed by atoms with van der Waals surface area (Å²) >= 11 is 0. The van der Waals surface area contributed by atoms with Crippen LogP contribution in [0.5, 0.6) is 0 Å². The molecule has 180 valence electrons. The second kappa shape index (κ2) is 10.3. The topological polar surface area (TPSA) is 146 Å². The van der Waals surface area contributed by atoms with Crippen molar-refractivity contribution < 1.29 is 48.3 Å². The molecule has 10 nitrogen and oxygen atoms in total. The molecule has 1 unspecified atom stereocenters. The number of hydrogen-bond donors (Lipinski definition) is 2. The van der Waals surface area contributed by atoms with Crippen LogP contribution in [0, 0.1) is 29.6 Å². The zero-order valence-corrected chi connectivity index (χ0v) is 19.1. The minimum atomic E-state index is -2.44. The summed E-state index contributed by atoms with van der Waals surface area (Å²) in [4.78, 5) is 51.2. The van der Waals surface area contributed by atoms with E-state index < -0.39 is 64.8 Å². The van der Waals surface area contributed by atoms with Crippen LogP contribution in [0.4, 0.5) is 0 Å². The summed E-state index contributed by atoms with van der Waals surface area (Å²) in [6.45, 7) is 2.01. The highest BCUT2D eigenvalue weighted by atomic mass is 16.5. The van der Waals surface area contributed by atoms with Crippen LogP contribution in [-0.2, 0) is 38.1 Å². The molecule has 0 amide bonds. The molecule has 10 heteroatoms. The number of esters is 4. The van der Waals surface area contributed by atoms with Crippen LogP contribution in [0.25, 0.3) is 0 Å². The maximum absolute atomic E-state index is 12.9. The van der Waals surface area contributed by atoms with E-state index in [1.165, 1.54) is 0 Å². The lowest BCUT2D eigenvalue weighted by Gasteiger charge is -2.55. The summed E-state index contributed by atoms with van der Waals surface area (Å²) in [6.07, 6.45) is 3.07. The molecule has 32 heavy (non-hydrogen) atoms. The molecule has 0 aromatic carbocycles. The van der Waals surface area contributed by atoms with E-state index in [2.05, 4.69) is 0 Å². The standard InChI is InChI=1S/C22H32O10/c1-6-7-8-9-11-10-12-13(18(24)29-2)17(23)16(21(27)32-5)22(28,14(11)19(25)30-3)15(12)20(26)31-4/h11-12,14-16,23,28H,6-10H2,1-5H3/t11?,12-,14+,15+,16+,22+/m0/s1. The van der Waals surface area contributed by atoms with E-state index in [1.54, 1.807) is 0 Å². The molecule has 2 N–H and O–H groups in total. The van der Waals surface area contributed by atoms with Crippen LogP contribution < -0.4 is 0 Å². The van der Waals surface area contributed by atoms with Gasteiger partial charge in [0.1, 0.15) is 17.3 Å². The molecule has 2 rings (SSSR count). The van der Waals surface area contributed by atoms with Crippen molar-refractivity contribution in [2.24, 2.45) is 29.6 Å². The molecule has 2 aliphatic carbocycles. The molecule has 2 aliphatic rings. The summed E-state index contributed by atoms with van der Waals surface area (Å²) in [6, 6.07) is 0. The summed E-state index contributed by atoms with van der Waals surface area (Å²) in [5, 5.41) is 23.0. The first-order valence-electron chi connectivity index (χ1n) is 10.6. The molecule has 0 aromatic heterocycles. The highest BCUT2D eigenvalue weighted by Gasteiger charge is 2.70. The van der Waals surface area contributed by atoms with E-state index in [0.717, 1.165) is 41.3 Å². The Hall–Kier alpha value is -2.62. The summed E-state index contributed by atoms with van der Waals surface area (Å²) < 4.78 is 19.4. The van der Waals surface area contributed by atoms with Crippen molar-refractivity contribution in [3.63, 3.8) is 0 Å². The van der Waals surface area contributed by atoms with Crippen molar-refractivity contribution in [1.82, 2.24) is 0 Å². The number of unbranched alkanes of at least 4 members (excludes halogenated alkanes) is 2. The number of ether oxygens (including phenoxy) is 4. The predicted octanol–water partition coefficient (Wildman–Crippen LogP) is 1.30. The van der Waals surface area contributed by atoms with E-state index in [4.69, 9.17) is 18.9 Å². The van der Waals surface area contributed by atoms with Crippen LogP contribution >= 0.6 is 0 Å². The van der Waals surface area contributed by atoms with Crippen LogP contribution in [0.1, 0.15) is 39.0 Å². The number of hydrogen-bond acceptors (Lipinski definition) is 10. The molecule has 0 saturated heterocycles. The SMILES string of the molecule is CCCCCC1C[C@H]2C(C(=O)OC)=C(O)[C@H](C(=O)OC)[C@@](O)([C@H]1C(=O)OC)[C@H]2C(=O)OC. The smallest absolute Gasteiger partial charge is 0.337 e. The van der Waals surface area contributed by atoms with Gasteiger partial charge < -0.3 is 29.2 Å². The molecule has 6 atom stereocenters. The van der Waals surface area contributed by atoms with E-state index >= 15 is 0 Å². The molecule has 0 aromatic rings. The van der Waals surface area contributed by atoms with E-state index in [-0.39, 0.29) is 12.0 Å². The van der Waals surface area contributed by atoms with Crippen molar-refractivity contribution in [3.05, 3.63) is 11.3 Å². The zero-order valence-electron chi connectivity index (χ0n) is 19.1. The Bertz CT molecular complexity index is 788. The molecule has 0 radical (unpaired) electrons. The Morgan fingerprint density at radius 3 is 1.97 bits per heavy atom. The lowest BCUT2D eigenvalue weighted by Crippen LogP contribution is -2.68. The Labute approximate surface area is 186 Å². The van der Waals surface area contributed by atoms with Gasteiger partial charge >= 0.3 is 23.9 Å².